The number of anilines is 1. The number of nitrogens with two attached hydrogens (primary N) is 1. The van der Waals surface area contributed by atoms with Gasteiger partial charge in [-0.1, -0.05) is 0 Å². The molecule has 0 aliphatic heterocycles. The van der Waals surface area contributed by atoms with Crippen LogP contribution in [0.25, 0.3) is 11.3 Å². The molecule has 17 heavy (non-hydrogen) atoms. The van der Waals surface area contributed by atoms with Gasteiger partial charge in [-0.2, -0.15) is 13.2 Å². The van der Waals surface area contributed by atoms with Crippen LogP contribution in [0.4, 0.5) is 19.0 Å². The highest BCUT2D eigenvalue weighted by atomic mass is 19.4. The molecule has 0 spiro atoms. The molecule has 0 saturated carbocycles. The van der Waals surface area contributed by atoms with Crippen LogP contribution in [0.15, 0.2) is 36.7 Å². The first kappa shape index (κ1) is 11.4. The van der Waals surface area contributed by atoms with Crippen molar-refractivity contribution in [2.75, 3.05) is 5.73 Å². The standard InChI is InChI=1S/C11H8F3N3/c12-11(13,14)8-1-2-9(15)17-10(8)7-3-5-16-6-4-7/h1-6H,(H2,15,17). The molecular weight excluding hydrogens is 231 g/mol. The summed E-state index contributed by atoms with van der Waals surface area (Å²) in [5.74, 6) is 0.0461. The highest BCUT2D eigenvalue weighted by Crippen LogP contribution is 2.36. The van der Waals surface area contributed by atoms with Crippen molar-refractivity contribution < 1.29 is 13.2 Å². The number of nitrogens with zero attached hydrogens (tertiary/aromatic N) is 2. The van der Waals surface area contributed by atoms with Crippen LogP contribution in [0.1, 0.15) is 5.56 Å². The lowest BCUT2D eigenvalue weighted by molar-refractivity contribution is -0.137. The Morgan fingerprint density at radius 3 is 2.24 bits per heavy atom. The monoisotopic (exact) mass is 239 g/mol. The largest absolute Gasteiger partial charge is 0.418 e. The van der Waals surface area contributed by atoms with Crippen LogP contribution in [0.2, 0.25) is 0 Å². The van der Waals surface area contributed by atoms with Gasteiger partial charge >= 0.3 is 6.18 Å². The molecule has 2 N–H and O–H groups in total. The molecular formula is C11H8F3N3. The Hall–Kier alpha value is -2.11. The lowest BCUT2D eigenvalue weighted by Crippen LogP contribution is -2.09. The summed E-state index contributed by atoms with van der Waals surface area (Å²) >= 11 is 0. The molecule has 0 fully saturated rings. The molecule has 0 bridgehead atoms. The predicted molar refractivity (Wildman–Crippen MR) is 56.9 cm³/mol. The zero-order valence-corrected chi connectivity index (χ0v) is 8.57. The van der Waals surface area contributed by atoms with Gasteiger partial charge in [0.2, 0.25) is 0 Å². The fraction of sp³-hybridized carbons (Fsp3) is 0.0909. The molecule has 0 saturated heterocycles. The first-order valence-corrected chi connectivity index (χ1v) is 4.72. The Morgan fingerprint density at radius 2 is 1.65 bits per heavy atom. The summed E-state index contributed by atoms with van der Waals surface area (Å²) in [5, 5.41) is 0. The number of hydrogen-bond acceptors (Lipinski definition) is 3. The molecule has 2 aromatic rings. The molecule has 0 radical (unpaired) electrons. The third-order valence-corrected chi connectivity index (χ3v) is 2.18. The quantitative estimate of drug-likeness (QED) is 0.832. The highest BCUT2D eigenvalue weighted by Gasteiger charge is 2.34. The molecule has 3 nitrogen and oxygen atoms in total. The summed E-state index contributed by atoms with van der Waals surface area (Å²) in [7, 11) is 0. The Morgan fingerprint density at radius 1 is 1.00 bits per heavy atom. The van der Waals surface area contributed by atoms with Gasteiger partial charge in [0, 0.05) is 18.0 Å². The minimum Gasteiger partial charge on any atom is -0.384 e. The topological polar surface area (TPSA) is 51.8 Å². The second kappa shape index (κ2) is 4.04. The van der Waals surface area contributed by atoms with Gasteiger partial charge in [0.05, 0.1) is 11.3 Å². The number of halogens is 3. The second-order valence-electron chi connectivity index (χ2n) is 3.37. The van der Waals surface area contributed by atoms with Crippen molar-refractivity contribution in [2.24, 2.45) is 0 Å². The van der Waals surface area contributed by atoms with Crippen molar-refractivity contribution in [3.63, 3.8) is 0 Å². The van der Waals surface area contributed by atoms with Crippen LogP contribution in [-0.4, -0.2) is 9.97 Å². The van der Waals surface area contributed by atoms with Gasteiger partial charge in [-0.05, 0) is 24.3 Å². The fourth-order valence-corrected chi connectivity index (χ4v) is 1.43. The highest BCUT2D eigenvalue weighted by molar-refractivity contribution is 5.65. The van der Waals surface area contributed by atoms with Crippen molar-refractivity contribution in [2.45, 2.75) is 6.18 Å². The number of pyridine rings is 2. The number of nitrogen functional groups attached to an aromatic ring is 1. The summed E-state index contributed by atoms with van der Waals surface area (Å²) < 4.78 is 38.3. The molecule has 0 unspecified atom stereocenters. The van der Waals surface area contributed by atoms with Gasteiger partial charge in [-0.3, -0.25) is 4.98 Å². The van der Waals surface area contributed by atoms with Gasteiger partial charge in [0.15, 0.2) is 0 Å². The Labute approximate surface area is 95.1 Å². The molecule has 0 aliphatic rings. The van der Waals surface area contributed by atoms with E-state index in [9.17, 15) is 13.2 Å². The minimum absolute atomic E-state index is 0.0461. The summed E-state index contributed by atoms with van der Waals surface area (Å²) in [6.07, 6.45) is -1.65. The van der Waals surface area contributed by atoms with Crippen LogP contribution in [-0.2, 0) is 6.18 Å². The van der Waals surface area contributed by atoms with Crippen molar-refractivity contribution in [1.82, 2.24) is 9.97 Å². The van der Waals surface area contributed by atoms with Crippen LogP contribution >= 0.6 is 0 Å². The predicted octanol–water partition coefficient (Wildman–Crippen LogP) is 2.74. The first-order chi connectivity index (χ1) is 7.98. The van der Waals surface area contributed by atoms with Gasteiger partial charge in [0.1, 0.15) is 5.82 Å². The number of rotatable bonds is 1. The average Bonchev–Trinajstić information content (AvgIpc) is 2.28. The number of alkyl halides is 3. The van der Waals surface area contributed by atoms with Crippen LogP contribution < -0.4 is 5.73 Å². The third-order valence-electron chi connectivity index (χ3n) is 2.18. The van der Waals surface area contributed by atoms with Crippen LogP contribution in [0, 0.1) is 0 Å². The average molecular weight is 239 g/mol. The smallest absolute Gasteiger partial charge is 0.384 e. The third kappa shape index (κ3) is 2.35. The molecule has 0 atom stereocenters. The summed E-state index contributed by atoms with van der Waals surface area (Å²) in [5.41, 5.74) is 4.76. The molecule has 2 rings (SSSR count). The SMILES string of the molecule is Nc1ccc(C(F)(F)F)c(-c2ccncc2)n1. The molecule has 0 amide bonds. The molecule has 6 heteroatoms. The van der Waals surface area contributed by atoms with E-state index in [1.165, 1.54) is 24.5 Å². The van der Waals surface area contributed by atoms with Crippen molar-refractivity contribution in [1.29, 1.82) is 0 Å². The Bertz CT molecular complexity index is 523. The second-order valence-corrected chi connectivity index (χ2v) is 3.37. The molecule has 0 aromatic carbocycles. The van der Waals surface area contributed by atoms with Gasteiger partial charge in [0.25, 0.3) is 0 Å². The number of hydrogen-bond donors (Lipinski definition) is 1. The zero-order chi connectivity index (χ0) is 12.5. The van der Waals surface area contributed by atoms with Crippen LogP contribution in [0.3, 0.4) is 0 Å². The normalized spacial score (nSPS) is 11.5. The van der Waals surface area contributed by atoms with Gasteiger partial charge < -0.3 is 5.73 Å². The van der Waals surface area contributed by atoms with E-state index in [2.05, 4.69) is 9.97 Å². The van der Waals surface area contributed by atoms with E-state index in [4.69, 9.17) is 5.73 Å². The Balaban J connectivity index is 2.64. The van der Waals surface area contributed by atoms with Crippen molar-refractivity contribution in [3.8, 4) is 11.3 Å². The van der Waals surface area contributed by atoms with E-state index < -0.39 is 11.7 Å². The molecule has 2 aromatic heterocycles. The zero-order valence-electron chi connectivity index (χ0n) is 8.57. The van der Waals surface area contributed by atoms with Crippen LogP contribution in [0.5, 0.6) is 0 Å². The maximum Gasteiger partial charge on any atom is 0.418 e. The molecule has 2 heterocycles. The lowest BCUT2D eigenvalue weighted by atomic mass is 10.1. The maximum atomic E-state index is 12.8. The van der Waals surface area contributed by atoms with E-state index in [-0.39, 0.29) is 11.5 Å². The minimum atomic E-state index is -4.46. The molecule has 0 aliphatic carbocycles. The van der Waals surface area contributed by atoms with E-state index in [1.807, 2.05) is 0 Å². The summed E-state index contributed by atoms with van der Waals surface area (Å²) in [4.78, 5) is 7.48. The fourth-order valence-electron chi connectivity index (χ4n) is 1.43. The van der Waals surface area contributed by atoms with E-state index in [0.29, 0.717) is 5.56 Å². The molecule has 88 valence electrons. The van der Waals surface area contributed by atoms with E-state index in [0.717, 1.165) is 12.1 Å². The summed E-state index contributed by atoms with van der Waals surface area (Å²) in [6.45, 7) is 0. The van der Waals surface area contributed by atoms with E-state index >= 15 is 0 Å². The van der Waals surface area contributed by atoms with Gasteiger partial charge in [-0.15, -0.1) is 0 Å². The summed E-state index contributed by atoms with van der Waals surface area (Å²) in [6, 6.07) is 4.97. The first-order valence-electron chi connectivity index (χ1n) is 4.72. The number of aromatic nitrogens is 2. The van der Waals surface area contributed by atoms with Gasteiger partial charge in [-0.25, -0.2) is 4.98 Å². The van der Waals surface area contributed by atoms with Crippen molar-refractivity contribution >= 4 is 5.82 Å². The van der Waals surface area contributed by atoms with E-state index in [1.54, 1.807) is 0 Å². The maximum absolute atomic E-state index is 12.8. The Kier molecular flexibility index (Phi) is 2.71. The lowest BCUT2D eigenvalue weighted by Gasteiger charge is -2.12. The van der Waals surface area contributed by atoms with Crippen molar-refractivity contribution in [3.05, 3.63) is 42.2 Å².